The Bertz CT molecular complexity index is 1380. The average Bonchev–Trinajstić information content (AvgIpc) is 3.18. The molecule has 0 aliphatic carbocycles. The summed E-state index contributed by atoms with van der Waals surface area (Å²) in [5.41, 5.74) is 2.09. The van der Waals surface area contributed by atoms with Crippen LogP contribution in [-0.4, -0.2) is 44.7 Å². The number of carbonyl (C=O) groups is 2. The number of anilines is 1. The van der Waals surface area contributed by atoms with Crippen LogP contribution < -0.4 is 23.8 Å². The highest BCUT2D eigenvalue weighted by Crippen LogP contribution is 2.45. The van der Waals surface area contributed by atoms with E-state index in [9.17, 15) is 14.7 Å². The molecule has 1 unspecified atom stereocenters. The van der Waals surface area contributed by atoms with Crippen molar-refractivity contribution in [2.75, 3.05) is 32.8 Å². The van der Waals surface area contributed by atoms with E-state index in [0.717, 1.165) is 5.56 Å². The normalized spacial score (nSPS) is 16.6. The van der Waals surface area contributed by atoms with Crippen molar-refractivity contribution in [2.24, 2.45) is 0 Å². The molecule has 1 N–H and O–H groups in total. The first kappa shape index (κ1) is 25.6. The molecule has 1 amide bonds. The van der Waals surface area contributed by atoms with Crippen molar-refractivity contribution < 1.29 is 33.6 Å². The Balaban J connectivity index is 2.00. The van der Waals surface area contributed by atoms with Crippen LogP contribution in [0.25, 0.3) is 5.76 Å². The number of Topliss-reactive ketones (excluding diaryl/α,β-unsaturated/α-hetero) is 1. The van der Waals surface area contributed by atoms with Crippen LogP contribution in [0.2, 0.25) is 0 Å². The quantitative estimate of drug-likeness (QED) is 0.261. The van der Waals surface area contributed by atoms with Crippen molar-refractivity contribution in [2.45, 2.75) is 19.9 Å². The Kier molecular flexibility index (Phi) is 7.38. The Morgan fingerprint density at radius 3 is 2.27 bits per heavy atom. The van der Waals surface area contributed by atoms with Gasteiger partial charge >= 0.3 is 0 Å². The molecule has 37 heavy (non-hydrogen) atoms. The van der Waals surface area contributed by atoms with Crippen molar-refractivity contribution in [1.82, 2.24) is 0 Å². The van der Waals surface area contributed by atoms with E-state index >= 15 is 0 Å². The highest BCUT2D eigenvalue weighted by molar-refractivity contribution is 6.51. The minimum Gasteiger partial charge on any atom is -0.507 e. The van der Waals surface area contributed by atoms with Crippen LogP contribution in [-0.2, 0) is 9.59 Å². The zero-order chi connectivity index (χ0) is 26.7. The standard InChI is InChI=1S/C29H29NO7/c1-6-37-20-9-7-8-19(16-20)30-26(18-11-13-23(35-4)24(15-18)36-5)25(28(32)29(30)33)27(31)21-14-17(2)10-12-22(21)34-3/h7-16,26,31H,6H2,1-5H3/b27-25+. The first-order chi connectivity index (χ1) is 17.8. The summed E-state index contributed by atoms with van der Waals surface area (Å²) < 4.78 is 21.9. The molecule has 3 aromatic rings. The Labute approximate surface area is 215 Å². The van der Waals surface area contributed by atoms with E-state index in [4.69, 9.17) is 18.9 Å². The average molecular weight is 504 g/mol. The molecule has 0 spiro atoms. The number of amides is 1. The van der Waals surface area contributed by atoms with E-state index in [1.807, 2.05) is 19.9 Å². The van der Waals surface area contributed by atoms with Gasteiger partial charge in [0.2, 0.25) is 0 Å². The molecule has 3 aromatic carbocycles. The van der Waals surface area contributed by atoms with Crippen molar-refractivity contribution >= 4 is 23.1 Å². The van der Waals surface area contributed by atoms with E-state index in [-0.39, 0.29) is 11.3 Å². The van der Waals surface area contributed by atoms with E-state index in [1.165, 1.54) is 26.2 Å². The van der Waals surface area contributed by atoms with E-state index < -0.39 is 17.7 Å². The Hall–Kier alpha value is -4.46. The van der Waals surface area contributed by atoms with Crippen LogP contribution in [0.5, 0.6) is 23.0 Å². The fraction of sp³-hybridized carbons (Fsp3) is 0.241. The number of benzene rings is 3. The number of hydrogen-bond acceptors (Lipinski definition) is 7. The Morgan fingerprint density at radius 1 is 0.892 bits per heavy atom. The second-order valence-electron chi connectivity index (χ2n) is 8.42. The first-order valence-electron chi connectivity index (χ1n) is 11.7. The van der Waals surface area contributed by atoms with Gasteiger partial charge < -0.3 is 24.1 Å². The zero-order valence-corrected chi connectivity index (χ0v) is 21.4. The number of aryl methyl sites for hydroxylation is 1. The molecule has 1 fully saturated rings. The third-order valence-corrected chi connectivity index (χ3v) is 6.18. The molecule has 192 valence electrons. The monoisotopic (exact) mass is 503 g/mol. The second-order valence-corrected chi connectivity index (χ2v) is 8.42. The fourth-order valence-corrected chi connectivity index (χ4v) is 4.48. The molecular formula is C29H29NO7. The molecule has 0 saturated carbocycles. The van der Waals surface area contributed by atoms with Gasteiger partial charge in [-0.2, -0.15) is 0 Å². The van der Waals surface area contributed by atoms with Crippen LogP contribution in [0.3, 0.4) is 0 Å². The van der Waals surface area contributed by atoms with E-state index in [1.54, 1.807) is 54.6 Å². The lowest BCUT2D eigenvalue weighted by molar-refractivity contribution is -0.132. The van der Waals surface area contributed by atoms with Crippen molar-refractivity contribution in [3.8, 4) is 23.0 Å². The predicted octanol–water partition coefficient (Wildman–Crippen LogP) is 5.05. The molecule has 1 aliphatic rings. The summed E-state index contributed by atoms with van der Waals surface area (Å²) >= 11 is 0. The summed E-state index contributed by atoms with van der Waals surface area (Å²) in [6, 6.07) is 16.3. The number of aliphatic hydroxyl groups is 1. The number of nitrogens with zero attached hydrogens (tertiary/aromatic N) is 1. The zero-order valence-electron chi connectivity index (χ0n) is 21.4. The number of carbonyl (C=O) groups excluding carboxylic acids is 2. The van der Waals surface area contributed by atoms with Gasteiger partial charge in [0, 0.05) is 11.8 Å². The van der Waals surface area contributed by atoms with Gasteiger partial charge in [-0.15, -0.1) is 0 Å². The molecule has 0 radical (unpaired) electrons. The molecule has 1 saturated heterocycles. The number of ether oxygens (including phenoxy) is 4. The van der Waals surface area contributed by atoms with Gasteiger partial charge in [-0.25, -0.2) is 0 Å². The topological polar surface area (TPSA) is 94.5 Å². The van der Waals surface area contributed by atoms with Gasteiger partial charge in [0.25, 0.3) is 11.7 Å². The highest BCUT2D eigenvalue weighted by atomic mass is 16.5. The van der Waals surface area contributed by atoms with Gasteiger partial charge in [-0.3, -0.25) is 14.5 Å². The number of rotatable bonds is 8. The van der Waals surface area contributed by atoms with E-state index in [0.29, 0.717) is 46.4 Å². The lowest BCUT2D eigenvalue weighted by Gasteiger charge is -2.26. The maximum Gasteiger partial charge on any atom is 0.300 e. The molecule has 1 aliphatic heterocycles. The summed E-state index contributed by atoms with van der Waals surface area (Å²) in [4.78, 5) is 28.4. The molecule has 4 rings (SSSR count). The Morgan fingerprint density at radius 2 is 1.59 bits per heavy atom. The number of aliphatic hydroxyl groups excluding tert-OH is 1. The van der Waals surface area contributed by atoms with Crippen molar-refractivity contribution in [3.05, 3.63) is 82.9 Å². The number of hydrogen-bond donors (Lipinski definition) is 1. The van der Waals surface area contributed by atoms with Crippen LogP contribution in [0.15, 0.2) is 66.2 Å². The summed E-state index contributed by atoms with van der Waals surface area (Å²) in [6.45, 7) is 4.16. The van der Waals surface area contributed by atoms with Crippen molar-refractivity contribution in [3.63, 3.8) is 0 Å². The van der Waals surface area contributed by atoms with Crippen molar-refractivity contribution in [1.29, 1.82) is 0 Å². The maximum absolute atomic E-state index is 13.5. The fourth-order valence-electron chi connectivity index (χ4n) is 4.48. The lowest BCUT2D eigenvalue weighted by Crippen LogP contribution is -2.29. The van der Waals surface area contributed by atoms with Gasteiger partial charge in [0.15, 0.2) is 11.5 Å². The smallest absolute Gasteiger partial charge is 0.300 e. The minimum atomic E-state index is -0.957. The summed E-state index contributed by atoms with van der Waals surface area (Å²) in [7, 11) is 4.50. The van der Waals surface area contributed by atoms with Crippen LogP contribution in [0.4, 0.5) is 5.69 Å². The third-order valence-electron chi connectivity index (χ3n) is 6.18. The molecule has 0 aromatic heterocycles. The number of ketones is 1. The van der Waals surface area contributed by atoms with Gasteiger partial charge in [0.05, 0.1) is 45.1 Å². The molecule has 0 bridgehead atoms. The minimum absolute atomic E-state index is 0.0667. The van der Waals surface area contributed by atoms with Crippen LogP contribution >= 0.6 is 0 Å². The van der Waals surface area contributed by atoms with Crippen LogP contribution in [0.1, 0.15) is 29.7 Å². The summed E-state index contributed by atoms with van der Waals surface area (Å²) in [5, 5.41) is 11.5. The number of methoxy groups -OCH3 is 3. The van der Waals surface area contributed by atoms with Gasteiger partial charge in [0.1, 0.15) is 17.3 Å². The molecule has 1 atom stereocenters. The molecule has 8 nitrogen and oxygen atoms in total. The first-order valence-corrected chi connectivity index (χ1v) is 11.7. The largest absolute Gasteiger partial charge is 0.507 e. The lowest BCUT2D eigenvalue weighted by atomic mass is 9.94. The highest BCUT2D eigenvalue weighted by Gasteiger charge is 2.47. The van der Waals surface area contributed by atoms with Gasteiger partial charge in [-0.1, -0.05) is 23.8 Å². The summed E-state index contributed by atoms with van der Waals surface area (Å²) in [5.74, 6) is -0.0953. The SMILES string of the molecule is CCOc1cccc(N2C(=O)C(=O)/C(=C(/O)c3cc(C)ccc3OC)C2c2ccc(OC)c(OC)c2)c1. The molecule has 1 heterocycles. The molecule has 8 heteroatoms. The van der Waals surface area contributed by atoms with E-state index in [2.05, 4.69) is 0 Å². The predicted molar refractivity (Wildman–Crippen MR) is 140 cm³/mol. The summed E-state index contributed by atoms with van der Waals surface area (Å²) in [6.07, 6.45) is 0. The van der Waals surface area contributed by atoms with Gasteiger partial charge in [-0.05, 0) is 55.8 Å². The molecular weight excluding hydrogens is 474 g/mol. The third kappa shape index (κ3) is 4.70. The van der Waals surface area contributed by atoms with Crippen LogP contribution in [0, 0.1) is 6.92 Å². The maximum atomic E-state index is 13.5. The second kappa shape index (κ2) is 10.7.